The van der Waals surface area contributed by atoms with Crippen LogP contribution in [0, 0.1) is 5.41 Å². The predicted molar refractivity (Wildman–Crippen MR) is 100 cm³/mol. The van der Waals surface area contributed by atoms with Crippen LogP contribution in [0.1, 0.15) is 31.7 Å². The summed E-state index contributed by atoms with van der Waals surface area (Å²) in [5.74, 6) is 0. The average Bonchev–Trinajstić information content (AvgIpc) is 3.25. The van der Waals surface area contributed by atoms with Crippen molar-refractivity contribution in [3.63, 3.8) is 0 Å². The molecule has 0 radical (unpaired) electrons. The van der Waals surface area contributed by atoms with Crippen molar-refractivity contribution in [2.24, 2.45) is 5.41 Å². The van der Waals surface area contributed by atoms with E-state index in [4.69, 9.17) is 0 Å². The highest BCUT2D eigenvalue weighted by Gasteiger charge is 2.28. The van der Waals surface area contributed by atoms with Gasteiger partial charge in [0.1, 0.15) is 12.7 Å². The first-order valence-electron chi connectivity index (χ1n) is 8.00. The van der Waals surface area contributed by atoms with E-state index in [9.17, 15) is 4.79 Å². The molecule has 2 heterocycles. The van der Waals surface area contributed by atoms with Crippen molar-refractivity contribution in [2.45, 2.75) is 26.8 Å². The molecule has 0 saturated carbocycles. The van der Waals surface area contributed by atoms with E-state index in [0.29, 0.717) is 5.69 Å². The van der Waals surface area contributed by atoms with Gasteiger partial charge in [-0.15, -0.1) is 11.3 Å². The van der Waals surface area contributed by atoms with E-state index >= 15 is 0 Å². The number of carbonyl (C=O) groups is 1. The Morgan fingerprint density at radius 3 is 2.64 bits per heavy atom. The minimum atomic E-state index is -0.249. The van der Waals surface area contributed by atoms with Crippen LogP contribution >= 0.6 is 11.3 Å². The zero-order chi connectivity index (χ0) is 17.9. The standard InChI is InChI=1S/C18H21N5OS/c1-18(2,3)16(15-9-6-10-25-15)22-17(24)21-13-7-4-5-8-14(13)23-12-19-11-20-23/h4-12,16H,1-3H3,(H2,21,22,24)/t16-/m1/s1. The first kappa shape index (κ1) is 17.2. The number of aromatic nitrogens is 3. The molecule has 6 nitrogen and oxygen atoms in total. The van der Waals surface area contributed by atoms with Crippen LogP contribution in [-0.2, 0) is 0 Å². The first-order chi connectivity index (χ1) is 11.9. The molecule has 130 valence electrons. The second-order valence-electron chi connectivity index (χ2n) is 6.77. The van der Waals surface area contributed by atoms with E-state index in [1.165, 1.54) is 6.33 Å². The molecule has 1 atom stereocenters. The van der Waals surface area contributed by atoms with Crippen LogP contribution in [0.3, 0.4) is 0 Å². The van der Waals surface area contributed by atoms with Gasteiger partial charge in [-0.1, -0.05) is 39.0 Å². The van der Waals surface area contributed by atoms with Crippen LogP contribution in [0.5, 0.6) is 0 Å². The number of para-hydroxylation sites is 2. The van der Waals surface area contributed by atoms with Crippen molar-refractivity contribution < 1.29 is 4.79 Å². The highest BCUT2D eigenvalue weighted by molar-refractivity contribution is 7.10. The molecular formula is C18H21N5OS. The van der Waals surface area contributed by atoms with Gasteiger partial charge in [0, 0.05) is 4.88 Å². The molecule has 3 aromatic rings. The largest absolute Gasteiger partial charge is 0.330 e. The quantitative estimate of drug-likeness (QED) is 0.735. The normalized spacial score (nSPS) is 12.6. The van der Waals surface area contributed by atoms with E-state index < -0.39 is 0 Å². The minimum Gasteiger partial charge on any atom is -0.330 e. The number of amides is 2. The summed E-state index contributed by atoms with van der Waals surface area (Å²) in [5.41, 5.74) is 1.33. The highest BCUT2D eigenvalue weighted by atomic mass is 32.1. The molecule has 0 spiro atoms. The van der Waals surface area contributed by atoms with Crippen LogP contribution in [0.15, 0.2) is 54.4 Å². The third kappa shape index (κ3) is 4.06. The average molecular weight is 355 g/mol. The number of nitrogens with one attached hydrogen (secondary N) is 2. The Labute approximate surface area is 150 Å². The number of carbonyl (C=O) groups excluding carboxylic acids is 1. The van der Waals surface area contributed by atoms with Crippen molar-refractivity contribution in [1.29, 1.82) is 0 Å². The summed E-state index contributed by atoms with van der Waals surface area (Å²) in [7, 11) is 0. The molecule has 7 heteroatoms. The fourth-order valence-corrected chi connectivity index (χ4v) is 3.59. The van der Waals surface area contributed by atoms with Crippen molar-refractivity contribution in [3.8, 4) is 5.69 Å². The molecule has 0 saturated heterocycles. The summed E-state index contributed by atoms with van der Waals surface area (Å²) in [5, 5.41) is 12.2. The van der Waals surface area contributed by atoms with Gasteiger partial charge in [0.05, 0.1) is 17.4 Å². The van der Waals surface area contributed by atoms with Crippen LogP contribution in [0.25, 0.3) is 5.69 Å². The van der Waals surface area contributed by atoms with Gasteiger partial charge in [-0.25, -0.2) is 14.5 Å². The van der Waals surface area contributed by atoms with Crippen molar-refractivity contribution >= 4 is 23.1 Å². The molecular weight excluding hydrogens is 334 g/mol. The molecule has 0 bridgehead atoms. The Balaban J connectivity index is 1.79. The van der Waals surface area contributed by atoms with Gasteiger partial charge in [-0.05, 0) is 29.0 Å². The summed E-state index contributed by atoms with van der Waals surface area (Å²) in [6.45, 7) is 6.34. The third-order valence-electron chi connectivity index (χ3n) is 3.79. The molecule has 0 unspecified atom stereocenters. The summed E-state index contributed by atoms with van der Waals surface area (Å²) >= 11 is 1.64. The summed E-state index contributed by atoms with van der Waals surface area (Å²) in [4.78, 5) is 17.7. The molecule has 25 heavy (non-hydrogen) atoms. The molecule has 2 N–H and O–H groups in total. The van der Waals surface area contributed by atoms with Gasteiger partial charge in [-0.3, -0.25) is 0 Å². The summed E-state index contributed by atoms with van der Waals surface area (Å²) in [6, 6.07) is 11.2. The van der Waals surface area contributed by atoms with Crippen molar-refractivity contribution in [2.75, 3.05) is 5.32 Å². The number of benzene rings is 1. The SMILES string of the molecule is CC(C)(C)[C@H](NC(=O)Nc1ccccc1-n1cncn1)c1cccs1. The maximum atomic E-state index is 12.6. The molecule has 2 amide bonds. The van der Waals surface area contributed by atoms with E-state index in [-0.39, 0.29) is 17.5 Å². The summed E-state index contributed by atoms with van der Waals surface area (Å²) < 4.78 is 1.62. The lowest BCUT2D eigenvalue weighted by atomic mass is 9.86. The Morgan fingerprint density at radius 2 is 2.00 bits per heavy atom. The molecule has 0 aliphatic carbocycles. The topological polar surface area (TPSA) is 71.8 Å². The molecule has 1 aromatic carbocycles. The maximum Gasteiger partial charge on any atom is 0.319 e. The Morgan fingerprint density at radius 1 is 1.20 bits per heavy atom. The number of urea groups is 1. The lowest BCUT2D eigenvalue weighted by molar-refractivity contribution is 0.230. The summed E-state index contributed by atoms with van der Waals surface area (Å²) in [6.07, 6.45) is 3.06. The Kier molecular flexibility index (Phi) is 4.85. The van der Waals surface area contributed by atoms with Crippen LogP contribution < -0.4 is 10.6 Å². The van der Waals surface area contributed by atoms with Gasteiger partial charge in [0.25, 0.3) is 0 Å². The minimum absolute atomic E-state index is 0.0777. The molecule has 0 aliphatic rings. The third-order valence-corrected chi connectivity index (χ3v) is 4.72. The first-order valence-corrected chi connectivity index (χ1v) is 8.88. The molecule has 3 rings (SSSR count). The van der Waals surface area contributed by atoms with E-state index in [0.717, 1.165) is 10.6 Å². The zero-order valence-electron chi connectivity index (χ0n) is 14.4. The van der Waals surface area contributed by atoms with Gasteiger partial charge in [-0.2, -0.15) is 5.10 Å². The second-order valence-corrected chi connectivity index (χ2v) is 7.75. The van der Waals surface area contributed by atoms with Crippen molar-refractivity contribution in [3.05, 3.63) is 59.3 Å². The number of hydrogen-bond donors (Lipinski definition) is 2. The molecule has 2 aromatic heterocycles. The van der Waals surface area contributed by atoms with Crippen LogP contribution in [-0.4, -0.2) is 20.8 Å². The number of anilines is 1. The van der Waals surface area contributed by atoms with Gasteiger partial charge in [0.15, 0.2) is 0 Å². The fraction of sp³-hybridized carbons (Fsp3) is 0.278. The van der Waals surface area contributed by atoms with Gasteiger partial charge < -0.3 is 10.6 Å². The van der Waals surface area contributed by atoms with Gasteiger partial charge in [0.2, 0.25) is 0 Å². The van der Waals surface area contributed by atoms with Gasteiger partial charge >= 0.3 is 6.03 Å². The Bertz CT molecular complexity index is 822. The number of hydrogen-bond acceptors (Lipinski definition) is 4. The predicted octanol–water partition coefficient (Wildman–Crippen LogP) is 4.24. The van der Waals surface area contributed by atoms with E-state index in [1.54, 1.807) is 22.3 Å². The van der Waals surface area contributed by atoms with E-state index in [1.807, 2.05) is 41.8 Å². The smallest absolute Gasteiger partial charge is 0.319 e. The van der Waals surface area contributed by atoms with E-state index in [2.05, 4.69) is 41.5 Å². The lowest BCUT2D eigenvalue weighted by Gasteiger charge is -2.30. The number of rotatable bonds is 4. The maximum absolute atomic E-state index is 12.6. The monoisotopic (exact) mass is 355 g/mol. The van der Waals surface area contributed by atoms with Crippen molar-refractivity contribution in [1.82, 2.24) is 20.1 Å². The fourth-order valence-electron chi connectivity index (χ4n) is 2.57. The number of nitrogens with zero attached hydrogens (tertiary/aromatic N) is 3. The molecule has 0 fully saturated rings. The Hall–Kier alpha value is -2.67. The van der Waals surface area contributed by atoms with Crippen LogP contribution in [0.2, 0.25) is 0 Å². The molecule has 0 aliphatic heterocycles. The zero-order valence-corrected chi connectivity index (χ0v) is 15.2. The lowest BCUT2D eigenvalue weighted by Crippen LogP contribution is -2.38. The second kappa shape index (κ2) is 7.06. The highest BCUT2D eigenvalue weighted by Crippen LogP contribution is 2.35. The number of thiophene rings is 1. The van der Waals surface area contributed by atoms with Crippen LogP contribution in [0.4, 0.5) is 10.5 Å².